The lowest BCUT2D eigenvalue weighted by Crippen LogP contribution is -2.32. The summed E-state index contributed by atoms with van der Waals surface area (Å²) in [7, 11) is -3.54. The smallest absolute Gasteiger partial charge is 0.251 e. The third kappa shape index (κ3) is 3.57. The summed E-state index contributed by atoms with van der Waals surface area (Å²) < 4.78 is 32.6. The topological polar surface area (TPSA) is 75.7 Å². The van der Waals surface area contributed by atoms with Gasteiger partial charge in [-0.3, -0.25) is 4.79 Å². The monoisotopic (exact) mass is 386 g/mol. The Morgan fingerprint density at radius 1 is 1.07 bits per heavy atom. The molecular weight excluding hydrogens is 364 g/mol. The van der Waals surface area contributed by atoms with E-state index < -0.39 is 10.0 Å². The number of fused-ring (bicyclic) bond motifs is 1. The Hall–Kier alpha value is -2.38. The first-order chi connectivity index (χ1) is 13.1. The Morgan fingerprint density at radius 2 is 1.85 bits per heavy atom. The average molecular weight is 386 g/mol. The van der Waals surface area contributed by atoms with Crippen LogP contribution in [0, 0.1) is 0 Å². The van der Waals surface area contributed by atoms with Crippen LogP contribution in [0.1, 0.15) is 41.2 Å². The van der Waals surface area contributed by atoms with E-state index in [1.54, 1.807) is 18.2 Å². The van der Waals surface area contributed by atoms with Crippen LogP contribution in [0.3, 0.4) is 0 Å². The molecule has 0 aliphatic carbocycles. The molecule has 27 heavy (non-hydrogen) atoms. The molecule has 7 heteroatoms. The van der Waals surface area contributed by atoms with Crippen LogP contribution in [0.25, 0.3) is 0 Å². The molecule has 2 aromatic rings. The van der Waals surface area contributed by atoms with Crippen LogP contribution in [-0.2, 0) is 10.0 Å². The van der Waals surface area contributed by atoms with Gasteiger partial charge in [-0.1, -0.05) is 24.3 Å². The van der Waals surface area contributed by atoms with Crippen molar-refractivity contribution in [3.05, 3.63) is 59.7 Å². The number of sulfonamides is 1. The van der Waals surface area contributed by atoms with Gasteiger partial charge in [0.15, 0.2) is 0 Å². The number of hydrogen-bond acceptors (Lipinski definition) is 4. The highest BCUT2D eigenvalue weighted by atomic mass is 32.2. The van der Waals surface area contributed by atoms with Crippen molar-refractivity contribution in [2.75, 3.05) is 19.7 Å². The Balaban J connectivity index is 1.55. The van der Waals surface area contributed by atoms with Gasteiger partial charge in [-0.15, -0.1) is 0 Å². The number of carbonyl (C=O) groups is 1. The molecule has 2 aromatic carbocycles. The van der Waals surface area contributed by atoms with Gasteiger partial charge in [0.25, 0.3) is 5.91 Å². The molecular formula is C20H22N2O4S. The van der Waals surface area contributed by atoms with E-state index in [-0.39, 0.29) is 16.8 Å². The van der Waals surface area contributed by atoms with Gasteiger partial charge in [0, 0.05) is 30.6 Å². The fourth-order valence-corrected chi connectivity index (χ4v) is 5.17. The molecule has 0 aromatic heterocycles. The lowest BCUT2D eigenvalue weighted by molar-refractivity contribution is 0.0924. The maximum absolute atomic E-state index is 12.8. The maximum atomic E-state index is 12.8. The van der Waals surface area contributed by atoms with Crippen molar-refractivity contribution in [1.29, 1.82) is 0 Å². The molecule has 1 unspecified atom stereocenters. The highest BCUT2D eigenvalue weighted by Crippen LogP contribution is 2.31. The average Bonchev–Trinajstić information content (AvgIpc) is 3.24. The van der Waals surface area contributed by atoms with Crippen LogP contribution in [0.15, 0.2) is 53.4 Å². The molecule has 2 aliphatic heterocycles. The molecule has 1 amide bonds. The molecule has 6 nitrogen and oxygen atoms in total. The summed E-state index contributed by atoms with van der Waals surface area (Å²) in [5.41, 5.74) is 1.29. The first-order valence-electron chi connectivity index (χ1n) is 9.18. The number of para-hydroxylation sites is 1. The van der Waals surface area contributed by atoms with Gasteiger partial charge in [0.05, 0.1) is 17.5 Å². The summed E-state index contributed by atoms with van der Waals surface area (Å²) in [6.45, 7) is 1.61. The van der Waals surface area contributed by atoms with Gasteiger partial charge >= 0.3 is 0 Å². The number of carbonyl (C=O) groups excluding carboxylic acids is 1. The van der Waals surface area contributed by atoms with E-state index in [1.807, 2.05) is 24.3 Å². The first-order valence-corrected chi connectivity index (χ1v) is 10.6. The van der Waals surface area contributed by atoms with Gasteiger partial charge in [-0.25, -0.2) is 8.42 Å². The summed E-state index contributed by atoms with van der Waals surface area (Å²) in [5, 5.41) is 3.01. The minimum absolute atomic E-state index is 0.152. The molecule has 142 valence electrons. The van der Waals surface area contributed by atoms with Crippen molar-refractivity contribution < 1.29 is 17.9 Å². The second-order valence-electron chi connectivity index (χ2n) is 6.84. The minimum Gasteiger partial charge on any atom is -0.493 e. The Morgan fingerprint density at radius 3 is 2.67 bits per heavy atom. The number of amides is 1. The van der Waals surface area contributed by atoms with Crippen LogP contribution in [0.5, 0.6) is 5.75 Å². The van der Waals surface area contributed by atoms with Crippen molar-refractivity contribution >= 4 is 15.9 Å². The molecule has 1 fully saturated rings. The molecule has 0 radical (unpaired) electrons. The molecule has 0 spiro atoms. The van der Waals surface area contributed by atoms with E-state index in [9.17, 15) is 13.2 Å². The number of nitrogens with zero attached hydrogens (tertiary/aromatic N) is 1. The highest BCUT2D eigenvalue weighted by Gasteiger charge is 2.28. The summed E-state index contributed by atoms with van der Waals surface area (Å²) in [4.78, 5) is 12.9. The van der Waals surface area contributed by atoms with E-state index in [0.29, 0.717) is 31.7 Å². The number of benzene rings is 2. The zero-order valence-electron chi connectivity index (χ0n) is 14.9. The van der Waals surface area contributed by atoms with E-state index in [2.05, 4.69) is 5.32 Å². The molecule has 1 N–H and O–H groups in total. The zero-order chi connectivity index (χ0) is 18.9. The van der Waals surface area contributed by atoms with Gasteiger partial charge in [0.1, 0.15) is 5.75 Å². The van der Waals surface area contributed by atoms with Crippen LogP contribution in [0.2, 0.25) is 0 Å². The standard InChI is InChI=1S/C20H22N2O4S/c23-20(21-18-10-13-26-19-9-2-1-8-17(18)19)15-6-5-7-16(14-15)27(24,25)22-11-3-4-12-22/h1-2,5-9,14,18H,3-4,10-13H2,(H,21,23). The maximum Gasteiger partial charge on any atom is 0.251 e. The van der Waals surface area contributed by atoms with E-state index in [0.717, 1.165) is 24.2 Å². The van der Waals surface area contributed by atoms with Gasteiger partial charge in [-0.05, 0) is 37.1 Å². The SMILES string of the molecule is O=C(NC1CCOc2ccccc21)c1cccc(S(=O)(=O)N2CCCC2)c1. The van der Waals surface area contributed by atoms with Crippen LogP contribution in [0.4, 0.5) is 0 Å². The normalized spacial score (nSPS) is 19.9. The predicted octanol–water partition coefficient (Wildman–Crippen LogP) is 2.72. The summed E-state index contributed by atoms with van der Waals surface area (Å²) in [6, 6.07) is 13.8. The lowest BCUT2D eigenvalue weighted by Gasteiger charge is -2.26. The van der Waals surface area contributed by atoms with Crippen LogP contribution < -0.4 is 10.1 Å². The fourth-order valence-electron chi connectivity index (χ4n) is 3.61. The van der Waals surface area contributed by atoms with Gasteiger partial charge in [-0.2, -0.15) is 4.31 Å². The lowest BCUT2D eigenvalue weighted by atomic mass is 10.00. The fraction of sp³-hybridized carbons (Fsp3) is 0.350. The summed E-state index contributed by atoms with van der Waals surface area (Å²) >= 11 is 0. The summed E-state index contributed by atoms with van der Waals surface area (Å²) in [5.74, 6) is 0.495. The number of nitrogens with one attached hydrogen (secondary N) is 1. The van der Waals surface area contributed by atoms with E-state index in [1.165, 1.54) is 10.4 Å². The van der Waals surface area contributed by atoms with Crippen molar-refractivity contribution in [2.24, 2.45) is 0 Å². The largest absolute Gasteiger partial charge is 0.493 e. The number of ether oxygens (including phenoxy) is 1. The van der Waals surface area contributed by atoms with Crippen molar-refractivity contribution in [1.82, 2.24) is 9.62 Å². The summed E-state index contributed by atoms with van der Waals surface area (Å²) in [6.07, 6.45) is 2.43. The molecule has 2 heterocycles. The molecule has 4 rings (SSSR count). The predicted molar refractivity (Wildman–Crippen MR) is 101 cm³/mol. The van der Waals surface area contributed by atoms with Crippen molar-refractivity contribution in [2.45, 2.75) is 30.2 Å². The first kappa shape index (κ1) is 18.0. The quantitative estimate of drug-likeness (QED) is 0.877. The van der Waals surface area contributed by atoms with Crippen LogP contribution in [-0.4, -0.2) is 38.3 Å². The minimum atomic E-state index is -3.54. The second kappa shape index (κ2) is 7.32. The molecule has 0 bridgehead atoms. The Labute approximate surface area is 159 Å². The van der Waals surface area contributed by atoms with Crippen molar-refractivity contribution in [3.8, 4) is 5.75 Å². The van der Waals surface area contributed by atoms with Gasteiger partial charge < -0.3 is 10.1 Å². The second-order valence-corrected chi connectivity index (χ2v) is 8.78. The molecule has 1 atom stereocenters. The Bertz CT molecular complexity index is 952. The number of rotatable bonds is 4. The van der Waals surface area contributed by atoms with Crippen LogP contribution >= 0.6 is 0 Å². The molecule has 2 aliphatic rings. The third-order valence-corrected chi connectivity index (χ3v) is 6.96. The van der Waals surface area contributed by atoms with E-state index in [4.69, 9.17) is 4.74 Å². The highest BCUT2D eigenvalue weighted by molar-refractivity contribution is 7.89. The molecule has 1 saturated heterocycles. The van der Waals surface area contributed by atoms with E-state index >= 15 is 0 Å². The molecule has 0 saturated carbocycles. The van der Waals surface area contributed by atoms with Gasteiger partial charge in [0.2, 0.25) is 10.0 Å². The van der Waals surface area contributed by atoms with Crippen molar-refractivity contribution in [3.63, 3.8) is 0 Å². The zero-order valence-corrected chi connectivity index (χ0v) is 15.7. The third-order valence-electron chi connectivity index (χ3n) is 5.06. The number of hydrogen-bond donors (Lipinski definition) is 1. The Kier molecular flexibility index (Phi) is 4.88.